The Hall–Kier alpha value is -3.01. The van der Waals surface area contributed by atoms with Gasteiger partial charge in [-0.15, -0.1) is 11.3 Å². The van der Waals surface area contributed by atoms with Gasteiger partial charge in [-0.2, -0.15) is 5.10 Å². The van der Waals surface area contributed by atoms with E-state index in [2.05, 4.69) is 29.6 Å². The van der Waals surface area contributed by atoms with E-state index in [1.165, 1.54) is 12.8 Å². The molecule has 10 heteroatoms. The number of rotatable bonds is 9. The first-order chi connectivity index (χ1) is 17.0. The van der Waals surface area contributed by atoms with Crippen molar-refractivity contribution in [3.63, 3.8) is 0 Å². The molecule has 2 amide bonds. The van der Waals surface area contributed by atoms with E-state index in [1.807, 2.05) is 16.5 Å². The van der Waals surface area contributed by atoms with Crippen molar-refractivity contribution in [3.8, 4) is 11.4 Å². The summed E-state index contributed by atoms with van der Waals surface area (Å²) < 4.78 is 1.80. The summed E-state index contributed by atoms with van der Waals surface area (Å²) in [5.74, 6) is 1.85. The highest BCUT2D eigenvalue weighted by Gasteiger charge is 2.30. The van der Waals surface area contributed by atoms with Gasteiger partial charge in [0.25, 0.3) is 5.91 Å². The Balaban J connectivity index is 1.33. The maximum absolute atomic E-state index is 13.5. The minimum absolute atomic E-state index is 0.0962. The van der Waals surface area contributed by atoms with Crippen LogP contribution < -0.4 is 10.6 Å². The summed E-state index contributed by atoms with van der Waals surface area (Å²) in [5.41, 5.74) is 1.21. The van der Waals surface area contributed by atoms with Gasteiger partial charge in [0, 0.05) is 49.2 Å². The van der Waals surface area contributed by atoms with E-state index in [0.29, 0.717) is 48.8 Å². The van der Waals surface area contributed by atoms with Crippen molar-refractivity contribution in [1.82, 2.24) is 29.8 Å². The summed E-state index contributed by atoms with van der Waals surface area (Å²) in [6, 6.07) is 2.19. The Bertz CT molecular complexity index is 1190. The van der Waals surface area contributed by atoms with Crippen molar-refractivity contribution in [1.29, 1.82) is 0 Å². The number of hydrogen-bond donors (Lipinski definition) is 2. The van der Waals surface area contributed by atoms with E-state index in [1.54, 1.807) is 28.1 Å². The molecule has 3 aromatic heterocycles. The van der Waals surface area contributed by atoms with E-state index >= 15 is 0 Å². The number of hydrogen-bond acceptors (Lipinski definition) is 7. The molecule has 0 spiro atoms. The number of piperidine rings is 1. The molecule has 186 valence electrons. The van der Waals surface area contributed by atoms with E-state index in [4.69, 9.17) is 9.97 Å². The zero-order valence-corrected chi connectivity index (χ0v) is 21.2. The fourth-order valence-electron chi connectivity index (χ4n) is 4.61. The molecule has 9 nitrogen and oxygen atoms in total. The molecule has 3 aromatic rings. The first kappa shape index (κ1) is 23.7. The van der Waals surface area contributed by atoms with Gasteiger partial charge in [-0.1, -0.05) is 13.3 Å². The number of fused-ring (bicyclic) bond motifs is 1. The zero-order chi connectivity index (χ0) is 24.4. The number of aromatic nitrogens is 4. The number of unbranched alkanes of at least 4 members (excludes halogenated alkanes) is 1. The summed E-state index contributed by atoms with van der Waals surface area (Å²) in [4.78, 5) is 37.8. The Morgan fingerprint density at radius 2 is 2.00 bits per heavy atom. The van der Waals surface area contributed by atoms with E-state index < -0.39 is 0 Å². The zero-order valence-electron chi connectivity index (χ0n) is 20.4. The van der Waals surface area contributed by atoms with Crippen LogP contribution in [0, 0.1) is 5.92 Å². The number of nitrogens with zero attached hydrogens (tertiary/aromatic N) is 5. The van der Waals surface area contributed by atoms with Crippen molar-refractivity contribution >= 4 is 33.8 Å². The Morgan fingerprint density at radius 3 is 2.74 bits per heavy atom. The van der Waals surface area contributed by atoms with Gasteiger partial charge in [-0.05, 0) is 44.9 Å². The number of carbonyl (C=O) groups excluding carboxylic acids is 2. The number of carbonyl (C=O) groups is 2. The highest BCUT2D eigenvalue weighted by molar-refractivity contribution is 7.16. The maximum atomic E-state index is 13.5. The summed E-state index contributed by atoms with van der Waals surface area (Å²) >= 11 is 1.57. The van der Waals surface area contributed by atoms with Crippen molar-refractivity contribution in [3.05, 3.63) is 29.5 Å². The van der Waals surface area contributed by atoms with Crippen LogP contribution >= 0.6 is 11.3 Å². The molecule has 35 heavy (non-hydrogen) atoms. The SMILES string of the molecule is CCCCC(=O)NC1CCN(C(=O)c2cc(N[C@@H](C)C3CC3)nc(-c3cnn4ccsc34)n2)CC1. The second-order valence-electron chi connectivity index (χ2n) is 9.68. The fraction of sp³-hybridized carbons (Fsp3) is 0.560. The molecule has 2 fully saturated rings. The molecule has 4 heterocycles. The molecular formula is C25H33N7O2S. The van der Waals surface area contributed by atoms with Gasteiger partial charge in [-0.25, -0.2) is 14.5 Å². The molecule has 1 atom stereocenters. The fourth-order valence-corrected chi connectivity index (χ4v) is 5.40. The third-order valence-electron chi connectivity index (χ3n) is 6.93. The second kappa shape index (κ2) is 10.3. The van der Waals surface area contributed by atoms with Gasteiger partial charge in [-0.3, -0.25) is 9.59 Å². The van der Waals surface area contributed by atoms with Crippen LogP contribution in [0.5, 0.6) is 0 Å². The normalized spacial score (nSPS) is 17.5. The number of thiazole rings is 1. The summed E-state index contributed by atoms with van der Waals surface area (Å²) in [6.07, 6.45) is 10.1. The Labute approximate surface area is 209 Å². The summed E-state index contributed by atoms with van der Waals surface area (Å²) in [7, 11) is 0. The van der Waals surface area contributed by atoms with Crippen LogP contribution in [0.3, 0.4) is 0 Å². The predicted octanol–water partition coefficient (Wildman–Crippen LogP) is 3.97. The molecule has 2 N–H and O–H groups in total. The largest absolute Gasteiger partial charge is 0.367 e. The molecule has 1 aliphatic carbocycles. The molecular weight excluding hydrogens is 462 g/mol. The highest BCUT2D eigenvalue weighted by atomic mass is 32.1. The monoisotopic (exact) mass is 495 g/mol. The van der Waals surface area contributed by atoms with Gasteiger partial charge in [0.2, 0.25) is 5.91 Å². The van der Waals surface area contributed by atoms with Crippen LogP contribution in [0.2, 0.25) is 0 Å². The minimum atomic E-state index is -0.0962. The Kier molecular flexibility index (Phi) is 6.99. The summed E-state index contributed by atoms with van der Waals surface area (Å²) in [6.45, 7) is 5.44. The molecule has 0 bridgehead atoms. The van der Waals surface area contributed by atoms with Crippen molar-refractivity contribution in [2.24, 2.45) is 5.92 Å². The van der Waals surface area contributed by atoms with E-state index in [-0.39, 0.29) is 17.9 Å². The van der Waals surface area contributed by atoms with Crippen molar-refractivity contribution in [2.45, 2.75) is 70.9 Å². The minimum Gasteiger partial charge on any atom is -0.367 e. The molecule has 0 unspecified atom stereocenters. The van der Waals surface area contributed by atoms with Gasteiger partial charge in [0.1, 0.15) is 16.3 Å². The first-order valence-electron chi connectivity index (χ1n) is 12.7. The third kappa shape index (κ3) is 5.47. The molecule has 0 aromatic carbocycles. The van der Waals surface area contributed by atoms with Crippen LogP contribution in [0.15, 0.2) is 23.8 Å². The smallest absolute Gasteiger partial charge is 0.272 e. The Morgan fingerprint density at radius 1 is 1.20 bits per heavy atom. The molecule has 0 radical (unpaired) electrons. The predicted molar refractivity (Wildman–Crippen MR) is 136 cm³/mol. The summed E-state index contributed by atoms with van der Waals surface area (Å²) in [5, 5.41) is 13.0. The number of likely N-dealkylation sites (tertiary alicyclic amines) is 1. The quantitative estimate of drug-likeness (QED) is 0.465. The highest BCUT2D eigenvalue weighted by Crippen LogP contribution is 2.34. The van der Waals surface area contributed by atoms with Gasteiger partial charge >= 0.3 is 0 Å². The standard InChI is InChI=1S/C25H33N7O2S/c1-3-4-5-22(33)28-18-8-10-31(11-9-18)24(34)20-14-21(27-16(2)17-6-7-17)30-23(29-20)19-15-26-32-12-13-35-25(19)32/h12-18H,3-11H2,1-2H3,(H,28,33)(H,27,29,30)/t16-/m0/s1. The molecule has 1 saturated heterocycles. The lowest BCUT2D eigenvalue weighted by Gasteiger charge is -2.32. The lowest BCUT2D eigenvalue weighted by atomic mass is 10.0. The lowest BCUT2D eigenvalue weighted by Crippen LogP contribution is -2.46. The molecule has 2 aliphatic rings. The second-order valence-corrected chi connectivity index (χ2v) is 10.6. The van der Waals surface area contributed by atoms with Crippen LogP contribution in [0.25, 0.3) is 16.2 Å². The van der Waals surface area contributed by atoms with Gasteiger partial charge in [0.15, 0.2) is 5.82 Å². The van der Waals surface area contributed by atoms with Crippen molar-refractivity contribution in [2.75, 3.05) is 18.4 Å². The topological polar surface area (TPSA) is 105 Å². The van der Waals surface area contributed by atoms with Gasteiger partial charge in [0.05, 0.1) is 11.8 Å². The van der Waals surface area contributed by atoms with Crippen LogP contribution in [0.1, 0.15) is 69.3 Å². The third-order valence-corrected chi connectivity index (χ3v) is 7.81. The molecule has 1 aliphatic heterocycles. The first-order valence-corrected chi connectivity index (χ1v) is 13.5. The van der Waals surface area contributed by atoms with Crippen LogP contribution in [-0.4, -0.2) is 61.5 Å². The average Bonchev–Trinajstić information content (AvgIpc) is 3.48. The molecule has 1 saturated carbocycles. The number of nitrogens with one attached hydrogen (secondary N) is 2. The van der Waals surface area contributed by atoms with Crippen LogP contribution in [0.4, 0.5) is 5.82 Å². The van der Waals surface area contributed by atoms with Crippen molar-refractivity contribution < 1.29 is 9.59 Å². The number of amides is 2. The van der Waals surface area contributed by atoms with Gasteiger partial charge < -0.3 is 15.5 Å². The molecule has 5 rings (SSSR count). The number of anilines is 1. The maximum Gasteiger partial charge on any atom is 0.272 e. The van der Waals surface area contributed by atoms with Crippen LogP contribution in [-0.2, 0) is 4.79 Å². The van der Waals surface area contributed by atoms with E-state index in [0.717, 1.165) is 36.1 Å². The lowest BCUT2D eigenvalue weighted by molar-refractivity contribution is -0.122. The van der Waals surface area contributed by atoms with E-state index in [9.17, 15) is 9.59 Å². The average molecular weight is 496 g/mol.